The van der Waals surface area contributed by atoms with Gasteiger partial charge in [0.1, 0.15) is 6.61 Å². The molecule has 0 bridgehead atoms. The predicted molar refractivity (Wildman–Crippen MR) is 143 cm³/mol. The molecule has 0 radical (unpaired) electrons. The Morgan fingerprint density at radius 1 is 0.972 bits per heavy atom. The Kier molecular flexibility index (Phi) is 9.11. The summed E-state index contributed by atoms with van der Waals surface area (Å²) in [5.41, 5.74) is 4.39. The van der Waals surface area contributed by atoms with Crippen LogP contribution in [-0.4, -0.2) is 53.1 Å². The van der Waals surface area contributed by atoms with Crippen molar-refractivity contribution in [1.82, 2.24) is 14.5 Å². The average molecular weight is 491 g/mol. The van der Waals surface area contributed by atoms with E-state index in [4.69, 9.17) is 4.74 Å². The molecule has 0 saturated carbocycles. The van der Waals surface area contributed by atoms with E-state index in [2.05, 4.69) is 16.5 Å². The molecule has 1 aliphatic heterocycles. The van der Waals surface area contributed by atoms with Gasteiger partial charge in [-0.25, -0.2) is 4.98 Å². The Bertz CT molecular complexity index is 1170. The number of methoxy groups -OCH3 is 1. The van der Waals surface area contributed by atoms with Crippen molar-refractivity contribution in [3.63, 3.8) is 0 Å². The number of ether oxygens (including phenoxy) is 1. The van der Waals surface area contributed by atoms with Crippen molar-refractivity contribution in [2.45, 2.75) is 65.0 Å². The molecule has 4 rings (SSSR count). The molecule has 7 heteroatoms. The summed E-state index contributed by atoms with van der Waals surface area (Å²) < 4.78 is 7.30. The van der Waals surface area contributed by atoms with Crippen LogP contribution in [0.4, 0.5) is 5.69 Å². The van der Waals surface area contributed by atoms with Crippen LogP contribution in [0.1, 0.15) is 67.8 Å². The van der Waals surface area contributed by atoms with E-state index in [1.54, 1.807) is 7.11 Å². The van der Waals surface area contributed by atoms with Gasteiger partial charge in [0, 0.05) is 44.5 Å². The van der Waals surface area contributed by atoms with E-state index < -0.39 is 0 Å². The highest BCUT2D eigenvalue weighted by Crippen LogP contribution is 2.26. The zero-order valence-electron chi connectivity index (χ0n) is 21.6. The Balaban J connectivity index is 1.65. The smallest absolute Gasteiger partial charge is 0.254 e. The van der Waals surface area contributed by atoms with Crippen molar-refractivity contribution in [2.24, 2.45) is 0 Å². The largest absolute Gasteiger partial charge is 0.375 e. The van der Waals surface area contributed by atoms with Crippen molar-refractivity contribution in [1.29, 1.82) is 0 Å². The quantitative estimate of drug-likeness (QED) is 0.479. The fourth-order valence-corrected chi connectivity index (χ4v) is 5.02. The first-order valence-electron chi connectivity index (χ1n) is 13.2. The summed E-state index contributed by atoms with van der Waals surface area (Å²) in [6.07, 6.45) is 9.27. The van der Waals surface area contributed by atoms with Gasteiger partial charge in [-0.2, -0.15) is 0 Å². The predicted octanol–water partition coefficient (Wildman–Crippen LogP) is 5.42. The standard InChI is InChI=1S/C29H38N4O3/c1-3-16-32-22-30-25-19-23(14-15-27(25)32)29(35)31-17-10-6-4-5-7-11-18-33(28(34)21-36-2)26-13-9-8-12-24(26)20-31/h8-9,12-15,19,22H,3-7,10-11,16-18,20-21H2,1-2H3. The number of aromatic nitrogens is 2. The summed E-state index contributed by atoms with van der Waals surface area (Å²) >= 11 is 0. The van der Waals surface area contributed by atoms with E-state index in [0.717, 1.165) is 73.8 Å². The first-order chi connectivity index (χ1) is 17.6. The number of carbonyl (C=O) groups is 2. The van der Waals surface area contributed by atoms with Crippen molar-refractivity contribution >= 4 is 28.5 Å². The van der Waals surface area contributed by atoms with Crippen LogP contribution in [0.15, 0.2) is 48.8 Å². The highest BCUT2D eigenvalue weighted by Gasteiger charge is 2.23. The van der Waals surface area contributed by atoms with Gasteiger partial charge in [0.05, 0.1) is 17.4 Å². The second-order valence-corrected chi connectivity index (χ2v) is 9.60. The fourth-order valence-electron chi connectivity index (χ4n) is 5.02. The van der Waals surface area contributed by atoms with Crippen LogP contribution in [0, 0.1) is 0 Å². The molecule has 0 saturated heterocycles. The molecule has 192 valence electrons. The normalized spacial score (nSPS) is 15.6. The Morgan fingerprint density at radius 2 is 1.72 bits per heavy atom. The van der Waals surface area contributed by atoms with E-state index >= 15 is 0 Å². The summed E-state index contributed by atoms with van der Waals surface area (Å²) in [5, 5.41) is 0. The summed E-state index contributed by atoms with van der Waals surface area (Å²) in [6, 6.07) is 13.8. The van der Waals surface area contributed by atoms with Crippen LogP contribution in [0.25, 0.3) is 11.0 Å². The van der Waals surface area contributed by atoms with Crippen LogP contribution in [0.5, 0.6) is 0 Å². The zero-order chi connectivity index (χ0) is 25.3. The number of carbonyl (C=O) groups excluding carboxylic acids is 2. The number of amides is 2. The minimum absolute atomic E-state index is 0.00128. The van der Waals surface area contributed by atoms with E-state index in [9.17, 15) is 9.59 Å². The molecule has 0 unspecified atom stereocenters. The molecule has 0 spiro atoms. The molecular weight excluding hydrogens is 452 g/mol. The maximum absolute atomic E-state index is 13.8. The van der Waals surface area contributed by atoms with E-state index in [1.165, 1.54) is 0 Å². The molecule has 3 aromatic rings. The van der Waals surface area contributed by atoms with Crippen LogP contribution in [0.3, 0.4) is 0 Å². The number of benzene rings is 2. The molecule has 0 N–H and O–H groups in total. The Labute approximate surface area is 214 Å². The van der Waals surface area contributed by atoms with Gasteiger partial charge in [-0.3, -0.25) is 9.59 Å². The Hall–Kier alpha value is -3.19. The second kappa shape index (κ2) is 12.7. The lowest BCUT2D eigenvalue weighted by Gasteiger charge is -2.28. The van der Waals surface area contributed by atoms with Crippen LogP contribution >= 0.6 is 0 Å². The average Bonchev–Trinajstić information content (AvgIpc) is 3.29. The monoisotopic (exact) mass is 490 g/mol. The number of nitrogens with zero attached hydrogens (tertiary/aromatic N) is 4. The minimum atomic E-state index is -0.0502. The maximum atomic E-state index is 13.8. The molecule has 2 heterocycles. The lowest BCUT2D eigenvalue weighted by atomic mass is 10.1. The van der Waals surface area contributed by atoms with Gasteiger partial charge < -0.3 is 19.1 Å². The lowest BCUT2D eigenvalue weighted by molar-refractivity contribution is -0.122. The summed E-state index contributed by atoms with van der Waals surface area (Å²) in [5.74, 6) is -0.0489. The van der Waals surface area contributed by atoms with Crippen LogP contribution in [0.2, 0.25) is 0 Å². The minimum Gasteiger partial charge on any atom is -0.375 e. The zero-order valence-corrected chi connectivity index (χ0v) is 21.6. The molecule has 0 fully saturated rings. The van der Waals surface area contributed by atoms with Crippen LogP contribution < -0.4 is 4.90 Å². The van der Waals surface area contributed by atoms with Gasteiger partial charge in [-0.05, 0) is 49.1 Å². The third-order valence-electron chi connectivity index (χ3n) is 6.89. The SMILES string of the molecule is CCCn1cnc2cc(C(=O)N3CCCCCCCCN(C(=O)COC)c4ccccc4C3)ccc21. The first-order valence-corrected chi connectivity index (χ1v) is 13.2. The van der Waals surface area contributed by atoms with Gasteiger partial charge in [-0.15, -0.1) is 0 Å². The van der Waals surface area contributed by atoms with Crippen molar-refractivity contribution in [2.75, 3.05) is 31.7 Å². The molecule has 0 atom stereocenters. The summed E-state index contributed by atoms with van der Waals surface area (Å²) in [7, 11) is 1.55. The molecule has 0 aliphatic carbocycles. The summed E-state index contributed by atoms with van der Waals surface area (Å²) in [4.78, 5) is 35.1. The molecular formula is C29H38N4O3. The number of aryl methyl sites for hydroxylation is 1. The van der Waals surface area contributed by atoms with E-state index in [0.29, 0.717) is 25.2 Å². The highest BCUT2D eigenvalue weighted by molar-refractivity contribution is 5.98. The van der Waals surface area contributed by atoms with Gasteiger partial charge in [0.15, 0.2) is 0 Å². The lowest BCUT2D eigenvalue weighted by Crippen LogP contribution is -2.37. The molecule has 1 aromatic heterocycles. The van der Waals surface area contributed by atoms with Crippen molar-refractivity contribution < 1.29 is 14.3 Å². The van der Waals surface area contributed by atoms with E-state index in [1.807, 2.05) is 58.6 Å². The van der Waals surface area contributed by atoms with E-state index in [-0.39, 0.29) is 18.4 Å². The number of hydrogen-bond acceptors (Lipinski definition) is 4. The van der Waals surface area contributed by atoms with Gasteiger partial charge in [0.25, 0.3) is 11.8 Å². The van der Waals surface area contributed by atoms with Crippen molar-refractivity contribution in [3.8, 4) is 0 Å². The van der Waals surface area contributed by atoms with Gasteiger partial charge >= 0.3 is 0 Å². The maximum Gasteiger partial charge on any atom is 0.254 e. The Morgan fingerprint density at radius 3 is 2.50 bits per heavy atom. The molecule has 2 amide bonds. The van der Waals surface area contributed by atoms with Gasteiger partial charge in [0.2, 0.25) is 0 Å². The number of rotatable bonds is 5. The molecule has 7 nitrogen and oxygen atoms in total. The summed E-state index contributed by atoms with van der Waals surface area (Å²) in [6.45, 7) is 4.89. The highest BCUT2D eigenvalue weighted by atomic mass is 16.5. The number of hydrogen-bond donors (Lipinski definition) is 0. The number of imidazole rings is 1. The second-order valence-electron chi connectivity index (χ2n) is 9.60. The molecule has 36 heavy (non-hydrogen) atoms. The van der Waals surface area contributed by atoms with Crippen molar-refractivity contribution in [3.05, 3.63) is 59.9 Å². The molecule has 1 aliphatic rings. The third kappa shape index (κ3) is 6.13. The third-order valence-corrected chi connectivity index (χ3v) is 6.89. The first kappa shape index (κ1) is 25.9. The number of anilines is 1. The topological polar surface area (TPSA) is 67.7 Å². The van der Waals surface area contributed by atoms with Crippen LogP contribution in [-0.2, 0) is 22.6 Å². The van der Waals surface area contributed by atoms with Gasteiger partial charge in [-0.1, -0.05) is 50.8 Å². The number of para-hydroxylation sites is 1. The fraction of sp³-hybridized carbons (Fsp3) is 0.483. The molecule has 2 aromatic carbocycles. The number of fused-ring (bicyclic) bond motifs is 2.